The van der Waals surface area contributed by atoms with E-state index in [0.717, 1.165) is 12.1 Å². The van der Waals surface area contributed by atoms with Crippen LogP contribution in [0.15, 0.2) is 42.5 Å². The third kappa shape index (κ3) is 5.27. The molecule has 154 valence electrons. The average molecular weight is 391 g/mol. The number of nitrogens with zero attached hydrogens (tertiary/aromatic N) is 1. The van der Waals surface area contributed by atoms with Crippen molar-refractivity contribution in [2.24, 2.45) is 0 Å². The van der Waals surface area contributed by atoms with Crippen LogP contribution < -0.4 is 5.32 Å². The summed E-state index contributed by atoms with van der Waals surface area (Å²) in [5, 5.41) is 3.18. The highest BCUT2D eigenvalue weighted by atomic mass is 16.1. The first-order valence-corrected chi connectivity index (χ1v) is 11.4. The van der Waals surface area contributed by atoms with E-state index in [0.29, 0.717) is 0 Å². The van der Waals surface area contributed by atoms with E-state index in [1.54, 1.807) is 0 Å². The van der Waals surface area contributed by atoms with Gasteiger partial charge in [0.05, 0.1) is 6.04 Å². The van der Waals surface area contributed by atoms with Crippen molar-refractivity contribution in [1.29, 1.82) is 0 Å². The molecule has 4 rings (SSSR count). The van der Waals surface area contributed by atoms with Crippen LogP contribution in [0.2, 0.25) is 0 Å². The fourth-order valence-corrected chi connectivity index (χ4v) is 4.70. The summed E-state index contributed by atoms with van der Waals surface area (Å²) in [5.41, 5.74) is 6.20. The lowest BCUT2D eigenvalue weighted by atomic mass is 9.89. The quantitative estimate of drug-likeness (QED) is 0.738. The van der Waals surface area contributed by atoms with Crippen LogP contribution in [0, 0.1) is 0 Å². The Morgan fingerprint density at radius 3 is 2.31 bits per heavy atom. The molecule has 1 N–H and O–H groups in total. The minimum absolute atomic E-state index is 0.0107. The number of fused-ring (bicyclic) bond motifs is 1. The second kappa shape index (κ2) is 9.58. The van der Waals surface area contributed by atoms with Gasteiger partial charge in [-0.15, -0.1) is 0 Å². The van der Waals surface area contributed by atoms with Crippen molar-refractivity contribution >= 4 is 5.91 Å². The molecule has 1 aliphatic carbocycles. The van der Waals surface area contributed by atoms with Gasteiger partial charge in [0, 0.05) is 12.1 Å². The first-order valence-electron chi connectivity index (χ1n) is 11.4. The highest BCUT2D eigenvalue weighted by Gasteiger charge is 2.15. The maximum absolute atomic E-state index is 12.7. The molecule has 2 aromatic carbocycles. The fourth-order valence-electron chi connectivity index (χ4n) is 4.70. The third-order valence-corrected chi connectivity index (χ3v) is 6.54. The molecular formula is C26H34N2O. The van der Waals surface area contributed by atoms with E-state index in [1.165, 1.54) is 86.7 Å². The van der Waals surface area contributed by atoms with Gasteiger partial charge < -0.3 is 5.32 Å². The second-order valence-corrected chi connectivity index (χ2v) is 8.82. The first-order chi connectivity index (χ1) is 14.2. The molecule has 0 bridgehead atoms. The minimum Gasteiger partial charge on any atom is -0.346 e. The number of hydrogen-bond acceptors (Lipinski definition) is 2. The number of likely N-dealkylation sites (tertiary alicyclic amines) is 1. The van der Waals surface area contributed by atoms with E-state index in [2.05, 4.69) is 47.5 Å². The van der Waals surface area contributed by atoms with Crippen LogP contribution in [-0.2, 0) is 19.4 Å². The molecule has 1 heterocycles. The van der Waals surface area contributed by atoms with Crippen molar-refractivity contribution in [2.75, 3.05) is 13.1 Å². The highest BCUT2D eigenvalue weighted by molar-refractivity contribution is 5.94. The van der Waals surface area contributed by atoms with Crippen LogP contribution in [-0.4, -0.2) is 23.9 Å². The molecule has 2 aliphatic rings. The van der Waals surface area contributed by atoms with Crippen molar-refractivity contribution in [2.45, 2.75) is 70.9 Å². The predicted octanol–water partition coefficient (Wildman–Crippen LogP) is 5.43. The number of aryl methyl sites for hydroxylation is 2. The topological polar surface area (TPSA) is 32.3 Å². The number of carbonyl (C=O) groups is 1. The zero-order valence-electron chi connectivity index (χ0n) is 17.8. The summed E-state index contributed by atoms with van der Waals surface area (Å²) >= 11 is 0. The maximum Gasteiger partial charge on any atom is 0.251 e. The van der Waals surface area contributed by atoms with Crippen molar-refractivity contribution in [1.82, 2.24) is 10.2 Å². The van der Waals surface area contributed by atoms with Crippen molar-refractivity contribution < 1.29 is 4.79 Å². The van der Waals surface area contributed by atoms with Gasteiger partial charge in [0.15, 0.2) is 0 Å². The lowest BCUT2D eigenvalue weighted by Crippen LogP contribution is -2.27. The van der Waals surface area contributed by atoms with E-state index in [-0.39, 0.29) is 11.9 Å². The molecule has 1 amide bonds. The molecule has 0 radical (unpaired) electrons. The predicted molar refractivity (Wildman–Crippen MR) is 119 cm³/mol. The van der Waals surface area contributed by atoms with Crippen LogP contribution in [0.1, 0.15) is 84.1 Å². The molecule has 0 spiro atoms. The van der Waals surface area contributed by atoms with Gasteiger partial charge in [-0.05, 0) is 92.9 Å². The minimum atomic E-state index is 0.0107. The third-order valence-electron chi connectivity index (χ3n) is 6.54. The summed E-state index contributed by atoms with van der Waals surface area (Å²) in [4.78, 5) is 15.3. The Morgan fingerprint density at radius 2 is 1.59 bits per heavy atom. The van der Waals surface area contributed by atoms with E-state index >= 15 is 0 Å². The summed E-state index contributed by atoms with van der Waals surface area (Å²) in [6, 6.07) is 14.9. The summed E-state index contributed by atoms with van der Waals surface area (Å²) < 4.78 is 0. The van der Waals surface area contributed by atoms with Gasteiger partial charge in [0.1, 0.15) is 0 Å². The summed E-state index contributed by atoms with van der Waals surface area (Å²) in [5.74, 6) is 0.0107. The normalized spacial score (nSPS) is 18.5. The van der Waals surface area contributed by atoms with Gasteiger partial charge in [-0.1, -0.05) is 43.2 Å². The Balaban J connectivity index is 1.35. The highest BCUT2D eigenvalue weighted by Crippen LogP contribution is 2.25. The Hall–Kier alpha value is -2.13. The maximum atomic E-state index is 12.7. The second-order valence-electron chi connectivity index (χ2n) is 8.82. The number of amides is 1. The Morgan fingerprint density at radius 1 is 0.897 bits per heavy atom. The molecule has 1 atom stereocenters. The molecule has 3 heteroatoms. The summed E-state index contributed by atoms with van der Waals surface area (Å²) in [7, 11) is 0. The smallest absolute Gasteiger partial charge is 0.251 e. The Bertz CT molecular complexity index is 819. The molecular weight excluding hydrogens is 356 g/mol. The molecule has 0 saturated carbocycles. The number of rotatable bonds is 5. The lowest BCUT2D eigenvalue weighted by molar-refractivity contribution is 0.0940. The number of benzene rings is 2. The van der Waals surface area contributed by atoms with Crippen LogP contribution in [0.5, 0.6) is 0 Å². The largest absolute Gasteiger partial charge is 0.346 e. The first kappa shape index (κ1) is 20.2. The van der Waals surface area contributed by atoms with Crippen LogP contribution in [0.25, 0.3) is 0 Å². The Kier molecular flexibility index (Phi) is 6.66. The SMILES string of the molecule is C[C@H](NC(=O)c1ccc(CN2CCCCCC2)cc1)c1ccc2c(c1)CCCC2. The van der Waals surface area contributed by atoms with Crippen LogP contribution >= 0.6 is 0 Å². The number of hydrogen-bond donors (Lipinski definition) is 1. The molecule has 1 aliphatic heterocycles. The van der Waals surface area contributed by atoms with Gasteiger partial charge in [0.2, 0.25) is 0 Å². The zero-order valence-corrected chi connectivity index (χ0v) is 17.8. The van der Waals surface area contributed by atoms with E-state index in [1.807, 2.05) is 12.1 Å². The molecule has 1 saturated heterocycles. The van der Waals surface area contributed by atoms with E-state index in [9.17, 15) is 4.79 Å². The van der Waals surface area contributed by atoms with Gasteiger partial charge >= 0.3 is 0 Å². The monoisotopic (exact) mass is 390 g/mol. The summed E-state index contributed by atoms with van der Waals surface area (Å²) in [6.07, 6.45) is 10.3. The van der Waals surface area contributed by atoms with Gasteiger partial charge in [0.25, 0.3) is 5.91 Å². The van der Waals surface area contributed by atoms with Crippen LogP contribution in [0.3, 0.4) is 0 Å². The van der Waals surface area contributed by atoms with E-state index < -0.39 is 0 Å². The molecule has 2 aromatic rings. The van der Waals surface area contributed by atoms with Crippen molar-refractivity contribution in [3.05, 3.63) is 70.3 Å². The van der Waals surface area contributed by atoms with Gasteiger partial charge in [-0.2, -0.15) is 0 Å². The van der Waals surface area contributed by atoms with Crippen molar-refractivity contribution in [3.63, 3.8) is 0 Å². The molecule has 29 heavy (non-hydrogen) atoms. The molecule has 3 nitrogen and oxygen atoms in total. The van der Waals surface area contributed by atoms with Crippen molar-refractivity contribution in [3.8, 4) is 0 Å². The molecule has 1 fully saturated rings. The summed E-state index contributed by atoms with van der Waals surface area (Å²) in [6.45, 7) is 5.46. The number of nitrogens with one attached hydrogen (secondary N) is 1. The zero-order chi connectivity index (χ0) is 20.1. The fraction of sp³-hybridized carbons (Fsp3) is 0.500. The average Bonchev–Trinajstić information content (AvgIpc) is 3.02. The Labute approximate surface area is 175 Å². The van der Waals surface area contributed by atoms with Crippen LogP contribution in [0.4, 0.5) is 0 Å². The molecule has 0 unspecified atom stereocenters. The van der Waals surface area contributed by atoms with E-state index in [4.69, 9.17) is 0 Å². The van der Waals surface area contributed by atoms with Gasteiger partial charge in [-0.3, -0.25) is 9.69 Å². The standard InChI is InChI=1S/C26H34N2O/c1-20(24-15-14-22-8-4-5-9-25(22)18-24)27-26(29)23-12-10-21(11-13-23)19-28-16-6-2-3-7-17-28/h10-15,18,20H,2-9,16-17,19H2,1H3,(H,27,29)/t20-/m0/s1. The lowest BCUT2D eigenvalue weighted by Gasteiger charge is -2.21. The molecule has 0 aromatic heterocycles. The number of carbonyl (C=O) groups excluding carboxylic acids is 1. The van der Waals surface area contributed by atoms with Gasteiger partial charge in [-0.25, -0.2) is 0 Å².